The summed E-state index contributed by atoms with van der Waals surface area (Å²) < 4.78 is 61.7. The van der Waals surface area contributed by atoms with Gasteiger partial charge in [-0.25, -0.2) is 8.91 Å². The van der Waals surface area contributed by atoms with Crippen LogP contribution >= 0.6 is 23.5 Å². The van der Waals surface area contributed by atoms with Gasteiger partial charge in [0, 0.05) is 18.0 Å². The number of halogens is 4. The van der Waals surface area contributed by atoms with Crippen LogP contribution in [0.1, 0.15) is 12.1 Å². The Labute approximate surface area is 221 Å². The highest BCUT2D eigenvalue weighted by Crippen LogP contribution is 2.41. The molecule has 4 rings (SSSR count). The summed E-state index contributed by atoms with van der Waals surface area (Å²) in [5.41, 5.74) is -3.54. The summed E-state index contributed by atoms with van der Waals surface area (Å²) in [7, 11) is 3.42. The van der Waals surface area contributed by atoms with Gasteiger partial charge in [0.2, 0.25) is 0 Å². The third-order valence-corrected chi connectivity index (χ3v) is 7.45. The maximum absolute atomic E-state index is 14.6. The number of anilines is 2. The third-order valence-electron chi connectivity index (χ3n) is 5.89. The number of pyridine rings is 1. The first-order chi connectivity index (χ1) is 17.7. The lowest BCUT2D eigenvalue weighted by molar-refractivity contribution is -0.0327. The van der Waals surface area contributed by atoms with E-state index in [-0.39, 0.29) is 41.0 Å². The van der Waals surface area contributed by atoms with Crippen LogP contribution in [0.4, 0.5) is 29.1 Å². The molecule has 3 aromatic rings. The van der Waals surface area contributed by atoms with Gasteiger partial charge in [-0.05, 0) is 67.7 Å². The molecule has 0 saturated carbocycles. The Kier molecular flexibility index (Phi) is 8.67. The minimum atomic E-state index is -4.52. The van der Waals surface area contributed by atoms with Crippen molar-refractivity contribution in [1.82, 2.24) is 14.5 Å². The summed E-state index contributed by atoms with van der Waals surface area (Å²) in [5, 5.41) is 10.6. The number of hydrogen-bond donors (Lipinski definition) is 2. The lowest BCUT2D eigenvalue weighted by atomic mass is 10.0. The van der Waals surface area contributed by atoms with Gasteiger partial charge < -0.3 is 20.3 Å². The smallest absolute Gasteiger partial charge is 0.446 e. The molecule has 0 bridgehead atoms. The van der Waals surface area contributed by atoms with Crippen molar-refractivity contribution in [2.45, 2.75) is 33.9 Å². The molecule has 2 aromatic heterocycles. The minimum Gasteiger partial charge on any atom is -0.495 e. The summed E-state index contributed by atoms with van der Waals surface area (Å²) >= 11 is 1.33. The van der Waals surface area contributed by atoms with Crippen LogP contribution in [0, 0.1) is 11.8 Å². The van der Waals surface area contributed by atoms with E-state index in [1.54, 1.807) is 37.1 Å². The summed E-state index contributed by atoms with van der Waals surface area (Å²) in [5.74, 6) is 6.71. The van der Waals surface area contributed by atoms with Crippen LogP contribution < -0.4 is 15.4 Å². The van der Waals surface area contributed by atoms with Gasteiger partial charge >= 0.3 is 5.51 Å². The molecule has 6 nitrogen and oxygen atoms in total. The van der Waals surface area contributed by atoms with Crippen LogP contribution in [0.15, 0.2) is 46.2 Å². The van der Waals surface area contributed by atoms with E-state index < -0.39 is 17.7 Å². The highest BCUT2D eigenvalue weighted by molar-refractivity contribution is 8.00. The fraction of sp³-hybridized carbons (Fsp3) is 0.400. The molecule has 2 N–H and O–H groups in total. The monoisotopic (exact) mass is 553 g/mol. The van der Waals surface area contributed by atoms with Crippen LogP contribution in [0.3, 0.4) is 0 Å². The first-order valence-corrected chi connectivity index (χ1v) is 13.5. The summed E-state index contributed by atoms with van der Waals surface area (Å²) in [6, 6.07) is 10.1. The van der Waals surface area contributed by atoms with E-state index in [1.165, 1.54) is 4.52 Å². The SMILES string of the molecule is COc1cc(SC)ccc1NCC#Cc1nn2c(NC3CCN(C)CC3F)cccc2c1SC(F)(F)F. The van der Waals surface area contributed by atoms with Crippen molar-refractivity contribution in [2.75, 3.05) is 50.7 Å². The summed E-state index contributed by atoms with van der Waals surface area (Å²) in [4.78, 5) is 2.85. The van der Waals surface area contributed by atoms with Gasteiger partial charge in [-0.15, -0.1) is 11.8 Å². The fourth-order valence-electron chi connectivity index (χ4n) is 4.08. The van der Waals surface area contributed by atoms with E-state index in [1.807, 2.05) is 36.4 Å². The van der Waals surface area contributed by atoms with E-state index in [4.69, 9.17) is 4.74 Å². The molecule has 3 heterocycles. The van der Waals surface area contributed by atoms with Crippen molar-refractivity contribution in [3.63, 3.8) is 0 Å². The first-order valence-electron chi connectivity index (χ1n) is 11.5. The van der Waals surface area contributed by atoms with E-state index in [0.717, 1.165) is 17.1 Å². The summed E-state index contributed by atoms with van der Waals surface area (Å²) in [6.45, 7) is 1.18. The van der Waals surface area contributed by atoms with Crippen molar-refractivity contribution in [3.8, 4) is 17.6 Å². The lowest BCUT2D eigenvalue weighted by Crippen LogP contribution is -2.46. The van der Waals surface area contributed by atoms with Crippen LogP contribution in [0.5, 0.6) is 5.75 Å². The van der Waals surface area contributed by atoms with Gasteiger partial charge in [0.25, 0.3) is 0 Å². The number of thioether (sulfide) groups is 2. The Morgan fingerprint density at radius 1 is 1.24 bits per heavy atom. The van der Waals surface area contributed by atoms with Crippen molar-refractivity contribution in [1.29, 1.82) is 0 Å². The molecular formula is C25H27F4N5OS2. The van der Waals surface area contributed by atoms with Crippen molar-refractivity contribution >= 4 is 40.5 Å². The topological polar surface area (TPSA) is 53.8 Å². The number of rotatable bonds is 7. The van der Waals surface area contributed by atoms with Crippen LogP contribution in [0.25, 0.3) is 5.52 Å². The molecule has 1 aliphatic rings. The molecular weight excluding hydrogens is 526 g/mol. The third kappa shape index (κ3) is 6.77. The Hall–Kier alpha value is -2.75. The largest absolute Gasteiger partial charge is 0.495 e. The standard InChI is InChI=1S/C25H27F4N5OS2/c1-33-13-11-18(17(26)15-33)31-23-8-4-7-21-24(37-25(27,28)29)20(32-34(21)23)6-5-12-30-19-10-9-16(36-3)14-22(19)35-2/h4,7-10,14,17-18,30-31H,11-13,15H2,1-3H3. The molecule has 198 valence electrons. The van der Waals surface area contributed by atoms with Gasteiger partial charge in [-0.2, -0.15) is 18.3 Å². The van der Waals surface area contributed by atoms with Gasteiger partial charge in [0.15, 0.2) is 0 Å². The van der Waals surface area contributed by atoms with E-state index in [0.29, 0.717) is 18.0 Å². The van der Waals surface area contributed by atoms with Gasteiger partial charge in [0.05, 0.1) is 35.8 Å². The number of methoxy groups -OCH3 is 1. The van der Waals surface area contributed by atoms with Crippen molar-refractivity contribution < 1.29 is 22.3 Å². The highest BCUT2D eigenvalue weighted by Gasteiger charge is 2.33. The number of ether oxygens (including phenoxy) is 1. The molecule has 1 saturated heterocycles. The quantitative estimate of drug-likeness (QED) is 0.225. The Morgan fingerprint density at radius 3 is 2.76 bits per heavy atom. The maximum atomic E-state index is 14.6. The average Bonchev–Trinajstić information content (AvgIpc) is 3.20. The molecule has 12 heteroatoms. The molecule has 0 spiro atoms. The lowest BCUT2D eigenvalue weighted by Gasteiger charge is -2.33. The Morgan fingerprint density at radius 2 is 2.05 bits per heavy atom. The number of hydrogen-bond acceptors (Lipinski definition) is 7. The molecule has 1 aromatic carbocycles. The van der Waals surface area contributed by atoms with E-state index in [2.05, 4.69) is 27.6 Å². The number of nitrogens with zero attached hydrogens (tertiary/aromatic N) is 3. The van der Waals surface area contributed by atoms with E-state index in [9.17, 15) is 17.6 Å². The van der Waals surface area contributed by atoms with Crippen molar-refractivity contribution in [2.24, 2.45) is 0 Å². The molecule has 0 aliphatic carbocycles. The highest BCUT2D eigenvalue weighted by atomic mass is 32.2. The zero-order valence-corrected chi connectivity index (χ0v) is 22.2. The number of fused-ring (bicyclic) bond motifs is 1. The maximum Gasteiger partial charge on any atom is 0.446 e. The predicted octanol–water partition coefficient (Wildman–Crippen LogP) is 5.59. The second-order valence-electron chi connectivity index (χ2n) is 8.47. The minimum absolute atomic E-state index is 0.00301. The molecule has 1 aliphatic heterocycles. The van der Waals surface area contributed by atoms with Crippen LogP contribution in [-0.2, 0) is 0 Å². The number of likely N-dealkylation sites (tertiary alicyclic amines) is 1. The number of benzene rings is 1. The molecule has 0 amide bonds. The van der Waals surface area contributed by atoms with Gasteiger partial charge in [-0.3, -0.25) is 0 Å². The Balaban J connectivity index is 1.60. The number of aromatic nitrogens is 2. The molecule has 2 unspecified atom stereocenters. The Bertz CT molecular complexity index is 1300. The van der Waals surface area contributed by atoms with E-state index >= 15 is 0 Å². The average molecular weight is 554 g/mol. The number of piperidine rings is 1. The second kappa shape index (κ2) is 11.8. The number of nitrogens with one attached hydrogen (secondary N) is 2. The molecule has 0 radical (unpaired) electrons. The van der Waals surface area contributed by atoms with Crippen LogP contribution in [-0.4, -0.2) is 72.3 Å². The van der Waals surface area contributed by atoms with Gasteiger partial charge in [0.1, 0.15) is 23.4 Å². The number of alkyl halides is 4. The molecule has 37 heavy (non-hydrogen) atoms. The second-order valence-corrected chi connectivity index (χ2v) is 10.4. The predicted molar refractivity (Wildman–Crippen MR) is 142 cm³/mol. The fourth-order valence-corrected chi connectivity index (χ4v) is 5.18. The van der Waals surface area contributed by atoms with Gasteiger partial charge in [-0.1, -0.05) is 12.0 Å². The van der Waals surface area contributed by atoms with Crippen LogP contribution in [0.2, 0.25) is 0 Å². The normalized spacial score (nSPS) is 18.4. The molecule has 1 fully saturated rings. The zero-order valence-electron chi connectivity index (χ0n) is 20.5. The summed E-state index contributed by atoms with van der Waals surface area (Å²) in [6.07, 6.45) is 1.42. The first kappa shape index (κ1) is 27.3. The molecule has 2 atom stereocenters. The van der Waals surface area contributed by atoms with Crippen molar-refractivity contribution in [3.05, 3.63) is 42.1 Å². The zero-order chi connectivity index (χ0) is 26.6.